The van der Waals surface area contributed by atoms with E-state index in [9.17, 15) is 14.4 Å². The number of nitrogens with zero attached hydrogens (tertiary/aromatic N) is 2. The number of aryl methyl sites for hydroxylation is 2. The van der Waals surface area contributed by atoms with Gasteiger partial charge in [-0.15, -0.1) is 11.3 Å². The summed E-state index contributed by atoms with van der Waals surface area (Å²) in [6.07, 6.45) is 0.679. The van der Waals surface area contributed by atoms with Crippen molar-refractivity contribution in [3.05, 3.63) is 44.7 Å². The van der Waals surface area contributed by atoms with E-state index in [0.717, 1.165) is 9.56 Å². The molecule has 0 aliphatic heterocycles. The number of hydrogen-bond donors (Lipinski definition) is 2. The minimum atomic E-state index is -1.10. The van der Waals surface area contributed by atoms with Crippen LogP contribution in [0.3, 0.4) is 0 Å². The molecule has 0 aliphatic carbocycles. The van der Waals surface area contributed by atoms with E-state index in [1.54, 1.807) is 0 Å². The van der Waals surface area contributed by atoms with Crippen LogP contribution in [0.15, 0.2) is 23.0 Å². The summed E-state index contributed by atoms with van der Waals surface area (Å²) in [5.41, 5.74) is -0.239. The molecule has 2 rings (SSSR count). The number of nitrogens with one attached hydrogen (secondary N) is 1. The molecule has 1 amide bonds. The number of hydrogen-bond acceptors (Lipinski definition) is 5. The summed E-state index contributed by atoms with van der Waals surface area (Å²) >= 11 is 1.21. The molecule has 0 radical (unpaired) electrons. The highest BCUT2D eigenvalue weighted by Crippen LogP contribution is 2.28. The Labute approximate surface area is 123 Å². The van der Waals surface area contributed by atoms with Gasteiger partial charge in [-0.1, -0.05) is 6.92 Å². The maximum atomic E-state index is 12.1. The molecule has 110 valence electrons. The Morgan fingerprint density at radius 3 is 2.71 bits per heavy atom. The van der Waals surface area contributed by atoms with E-state index in [2.05, 4.69) is 10.4 Å². The highest BCUT2D eigenvalue weighted by atomic mass is 32.1. The van der Waals surface area contributed by atoms with Gasteiger partial charge in [0.05, 0.1) is 5.56 Å². The molecular weight excluding hydrogens is 294 g/mol. The van der Waals surface area contributed by atoms with E-state index in [4.69, 9.17) is 5.11 Å². The van der Waals surface area contributed by atoms with Gasteiger partial charge in [0, 0.05) is 18.0 Å². The van der Waals surface area contributed by atoms with Crippen LogP contribution in [0.2, 0.25) is 0 Å². The van der Waals surface area contributed by atoms with Crippen LogP contribution in [0.4, 0.5) is 5.00 Å². The lowest BCUT2D eigenvalue weighted by Gasteiger charge is -2.04. The van der Waals surface area contributed by atoms with Crippen LogP contribution in [0.1, 0.15) is 32.6 Å². The zero-order chi connectivity index (χ0) is 15.6. The second-order valence-corrected chi connectivity index (χ2v) is 5.39. The van der Waals surface area contributed by atoms with Crippen molar-refractivity contribution in [3.8, 4) is 0 Å². The van der Waals surface area contributed by atoms with E-state index in [0.29, 0.717) is 6.42 Å². The third-order valence-corrected chi connectivity index (χ3v) is 3.98. The molecule has 8 heteroatoms. The first-order valence-corrected chi connectivity index (χ1v) is 6.95. The van der Waals surface area contributed by atoms with Gasteiger partial charge in [-0.05, 0) is 18.6 Å². The van der Waals surface area contributed by atoms with E-state index in [1.165, 1.54) is 36.6 Å². The molecule has 0 saturated carbocycles. The van der Waals surface area contributed by atoms with Gasteiger partial charge in [0.15, 0.2) is 0 Å². The Bertz CT molecular complexity index is 763. The molecule has 0 fully saturated rings. The van der Waals surface area contributed by atoms with Crippen LogP contribution < -0.4 is 10.9 Å². The lowest BCUT2D eigenvalue weighted by molar-refractivity contribution is 0.0698. The zero-order valence-corrected chi connectivity index (χ0v) is 12.2. The fourth-order valence-electron chi connectivity index (χ4n) is 1.66. The van der Waals surface area contributed by atoms with Gasteiger partial charge < -0.3 is 10.4 Å². The van der Waals surface area contributed by atoms with Gasteiger partial charge in [0.2, 0.25) is 0 Å². The lowest BCUT2D eigenvalue weighted by atomic mass is 10.2. The van der Waals surface area contributed by atoms with Crippen LogP contribution in [0.5, 0.6) is 0 Å². The van der Waals surface area contributed by atoms with Crippen molar-refractivity contribution in [2.75, 3.05) is 5.32 Å². The van der Waals surface area contributed by atoms with Gasteiger partial charge in [0.25, 0.3) is 11.5 Å². The average Bonchev–Trinajstić information content (AvgIpc) is 2.85. The molecule has 2 aromatic rings. The normalized spacial score (nSPS) is 10.4. The molecular formula is C13H13N3O4S. The first-order chi connectivity index (χ1) is 9.92. The number of carboxylic acid groups (broad SMARTS) is 1. The van der Waals surface area contributed by atoms with Crippen molar-refractivity contribution in [1.82, 2.24) is 9.78 Å². The SMILES string of the molecule is CCc1cc(C(=O)O)c(NC(=O)c2ccc(=O)n(C)n2)s1. The average molecular weight is 307 g/mol. The molecule has 7 nitrogen and oxygen atoms in total. The van der Waals surface area contributed by atoms with E-state index >= 15 is 0 Å². The Hall–Kier alpha value is -2.48. The standard InChI is InChI=1S/C13H13N3O4S/c1-3-7-6-8(13(19)20)12(21-7)14-11(18)9-4-5-10(17)16(2)15-9/h4-6H,3H2,1-2H3,(H,14,18)(H,19,20). The first kappa shape index (κ1) is 14.9. The third kappa shape index (κ3) is 3.16. The Balaban J connectivity index is 2.30. The predicted molar refractivity (Wildman–Crippen MR) is 78.1 cm³/mol. The molecule has 2 N–H and O–H groups in total. The highest BCUT2D eigenvalue weighted by molar-refractivity contribution is 7.16. The largest absolute Gasteiger partial charge is 0.478 e. The van der Waals surface area contributed by atoms with Gasteiger partial charge in [-0.2, -0.15) is 5.10 Å². The molecule has 2 aromatic heterocycles. The van der Waals surface area contributed by atoms with Crippen molar-refractivity contribution in [2.24, 2.45) is 7.05 Å². The molecule has 0 atom stereocenters. The number of carbonyl (C=O) groups is 2. The fraction of sp³-hybridized carbons (Fsp3) is 0.231. The number of carboxylic acids is 1. The van der Waals surface area contributed by atoms with Gasteiger partial charge in [-0.3, -0.25) is 9.59 Å². The lowest BCUT2D eigenvalue weighted by Crippen LogP contribution is -2.23. The van der Waals surface area contributed by atoms with Gasteiger partial charge in [0.1, 0.15) is 10.7 Å². The van der Waals surface area contributed by atoms with Gasteiger partial charge in [-0.25, -0.2) is 9.48 Å². The number of amides is 1. The molecule has 21 heavy (non-hydrogen) atoms. The van der Waals surface area contributed by atoms with Gasteiger partial charge >= 0.3 is 5.97 Å². The predicted octanol–water partition coefficient (Wildman–Crippen LogP) is 1.35. The molecule has 0 aromatic carbocycles. The molecule has 0 aliphatic rings. The number of carbonyl (C=O) groups excluding carboxylic acids is 1. The second kappa shape index (κ2) is 5.88. The van der Waals surface area contributed by atoms with E-state index in [-0.39, 0.29) is 21.8 Å². The summed E-state index contributed by atoms with van der Waals surface area (Å²) < 4.78 is 1.04. The maximum Gasteiger partial charge on any atom is 0.338 e. The van der Waals surface area contributed by atoms with Crippen molar-refractivity contribution in [1.29, 1.82) is 0 Å². The summed E-state index contributed by atoms with van der Waals surface area (Å²) in [4.78, 5) is 35.3. The minimum Gasteiger partial charge on any atom is -0.478 e. The van der Waals surface area contributed by atoms with Crippen molar-refractivity contribution in [2.45, 2.75) is 13.3 Å². The van der Waals surface area contributed by atoms with Crippen LogP contribution in [0.25, 0.3) is 0 Å². The molecule has 0 bridgehead atoms. The monoisotopic (exact) mass is 307 g/mol. The molecule has 2 heterocycles. The Morgan fingerprint density at radius 2 is 2.14 bits per heavy atom. The number of anilines is 1. The molecule has 0 spiro atoms. The zero-order valence-electron chi connectivity index (χ0n) is 11.4. The van der Waals surface area contributed by atoms with Crippen molar-refractivity contribution >= 4 is 28.2 Å². The number of rotatable bonds is 4. The summed E-state index contributed by atoms with van der Waals surface area (Å²) in [7, 11) is 1.43. The first-order valence-electron chi connectivity index (χ1n) is 6.14. The minimum absolute atomic E-state index is 0.0416. The second-order valence-electron chi connectivity index (χ2n) is 4.25. The Kier molecular flexibility index (Phi) is 4.18. The van der Waals surface area contributed by atoms with Crippen LogP contribution in [0, 0.1) is 0 Å². The quantitative estimate of drug-likeness (QED) is 0.888. The van der Waals surface area contributed by atoms with Crippen LogP contribution in [-0.4, -0.2) is 26.8 Å². The molecule has 0 unspecified atom stereocenters. The van der Waals surface area contributed by atoms with Crippen molar-refractivity contribution in [3.63, 3.8) is 0 Å². The maximum absolute atomic E-state index is 12.1. The summed E-state index contributed by atoms with van der Waals surface area (Å²) in [6.45, 7) is 1.90. The summed E-state index contributed by atoms with van der Waals surface area (Å²) in [5.74, 6) is -1.66. The highest BCUT2D eigenvalue weighted by Gasteiger charge is 2.18. The number of thiophene rings is 1. The molecule has 0 saturated heterocycles. The van der Waals surface area contributed by atoms with E-state index in [1.807, 2.05) is 6.92 Å². The van der Waals surface area contributed by atoms with Crippen LogP contribution >= 0.6 is 11.3 Å². The van der Waals surface area contributed by atoms with Crippen LogP contribution in [-0.2, 0) is 13.5 Å². The smallest absolute Gasteiger partial charge is 0.338 e. The summed E-state index contributed by atoms with van der Waals surface area (Å²) in [5, 5.41) is 15.7. The third-order valence-electron chi connectivity index (χ3n) is 2.78. The Morgan fingerprint density at radius 1 is 1.43 bits per heavy atom. The van der Waals surface area contributed by atoms with Crippen molar-refractivity contribution < 1.29 is 14.7 Å². The topological polar surface area (TPSA) is 101 Å². The van der Waals surface area contributed by atoms with E-state index < -0.39 is 11.9 Å². The summed E-state index contributed by atoms with van der Waals surface area (Å²) in [6, 6.07) is 4.06. The fourth-order valence-corrected chi connectivity index (χ4v) is 2.64. The number of aromatic carboxylic acids is 1. The number of aromatic nitrogens is 2.